The van der Waals surface area contributed by atoms with Crippen molar-refractivity contribution in [1.82, 2.24) is 15.3 Å². The van der Waals surface area contributed by atoms with Crippen LogP contribution in [-0.4, -0.2) is 56.8 Å². The van der Waals surface area contributed by atoms with E-state index in [1.807, 2.05) is 6.92 Å². The van der Waals surface area contributed by atoms with Crippen LogP contribution < -0.4 is 20.1 Å². The lowest BCUT2D eigenvalue weighted by molar-refractivity contribution is -0.120. The molecule has 3 aromatic rings. The van der Waals surface area contributed by atoms with Crippen LogP contribution in [0.1, 0.15) is 53.5 Å². The summed E-state index contributed by atoms with van der Waals surface area (Å²) in [5, 5.41) is 5.56. The van der Waals surface area contributed by atoms with Crippen LogP contribution in [0.2, 0.25) is 0 Å². The van der Waals surface area contributed by atoms with Crippen molar-refractivity contribution in [1.29, 1.82) is 0 Å². The first kappa shape index (κ1) is 34.5. The van der Waals surface area contributed by atoms with E-state index in [9.17, 15) is 22.6 Å². The number of rotatable bonds is 5. The number of fused-ring (bicyclic) bond motifs is 6. The molecule has 1 aliphatic heterocycles. The summed E-state index contributed by atoms with van der Waals surface area (Å²) in [6, 6.07) is 7.74. The number of halogens is 2. The Balaban J connectivity index is 1.66. The van der Waals surface area contributed by atoms with Gasteiger partial charge in [-0.15, -0.1) is 0 Å². The van der Waals surface area contributed by atoms with Crippen molar-refractivity contribution in [3.8, 4) is 22.8 Å². The molecule has 2 aromatic carbocycles. The highest BCUT2D eigenvalue weighted by Gasteiger charge is 2.28. The van der Waals surface area contributed by atoms with E-state index in [1.54, 1.807) is 52.8 Å². The Kier molecular flexibility index (Phi) is 10.5. The number of amides is 2. The molecule has 3 atom stereocenters. The third-order valence-electron chi connectivity index (χ3n) is 6.61. The van der Waals surface area contributed by atoms with Crippen molar-refractivity contribution in [2.24, 2.45) is 10.3 Å². The zero-order chi connectivity index (χ0) is 33.8. The molecule has 11 nitrogen and oxygen atoms in total. The Bertz CT molecular complexity index is 1740. The minimum Gasteiger partial charge on any atom is -0.493 e. The van der Waals surface area contributed by atoms with Gasteiger partial charge in [0.2, 0.25) is 5.95 Å². The third kappa shape index (κ3) is 9.59. The van der Waals surface area contributed by atoms with Gasteiger partial charge in [-0.3, -0.25) is 4.79 Å². The zero-order valence-electron chi connectivity index (χ0n) is 26.9. The number of hydrogen-bond acceptors (Lipinski definition) is 9. The average molecular weight is 660 g/mol. The number of hydrogen-bond donors (Lipinski definition) is 2. The molecule has 14 heteroatoms. The molecule has 0 unspecified atom stereocenters. The number of carbonyl (C=O) groups is 2. The minimum absolute atomic E-state index is 0.0324. The van der Waals surface area contributed by atoms with E-state index in [-0.39, 0.29) is 47.3 Å². The second kappa shape index (κ2) is 14.0. The fourth-order valence-electron chi connectivity index (χ4n) is 4.60. The van der Waals surface area contributed by atoms with Crippen molar-refractivity contribution in [3.63, 3.8) is 0 Å². The molecular formula is C32H39F2N5O6S. The summed E-state index contributed by atoms with van der Waals surface area (Å²) in [5.41, 5.74) is 0.359. The molecule has 2 N–H and O–H groups in total. The molecule has 1 aliphatic rings. The molecule has 4 rings (SSSR count). The second-order valence-electron chi connectivity index (χ2n) is 12.5. The van der Waals surface area contributed by atoms with Gasteiger partial charge in [0.1, 0.15) is 34.7 Å². The summed E-state index contributed by atoms with van der Waals surface area (Å²) < 4.78 is 63.9. The molecule has 2 amide bonds. The molecule has 248 valence electrons. The number of ether oxygens (including phenoxy) is 3. The predicted octanol–water partition coefficient (Wildman–Crippen LogP) is 6.39. The Hall–Kier alpha value is -4.33. The summed E-state index contributed by atoms with van der Waals surface area (Å²) >= 11 is 0. The van der Waals surface area contributed by atoms with Gasteiger partial charge in [-0.1, -0.05) is 13.8 Å². The number of carbonyl (C=O) groups excluding carboxylic acids is 2. The highest BCUT2D eigenvalue weighted by atomic mass is 32.2. The summed E-state index contributed by atoms with van der Waals surface area (Å²) in [7, 11) is -3.15. The van der Waals surface area contributed by atoms with Gasteiger partial charge < -0.3 is 24.8 Å². The van der Waals surface area contributed by atoms with Gasteiger partial charge in [-0.25, -0.2) is 27.8 Å². The monoisotopic (exact) mass is 659 g/mol. The smallest absolute Gasteiger partial charge is 0.408 e. The fourth-order valence-corrected chi connectivity index (χ4v) is 5.95. The maximum Gasteiger partial charge on any atom is 0.408 e. The van der Waals surface area contributed by atoms with Gasteiger partial charge in [0, 0.05) is 36.1 Å². The standard InChI is InChI=1S/C32H39F2N5O6S/c1-18(2)27(38-31(41)45-32(4,5)6)29(40)39-46(7,42)17-20-12-22-15-23(13-20)44-19(3)10-11-43-26-14-21(33)8-9-24(26)28-25(34)16-35-30(36-22)37-28/h8-9,12-16,18-19,27H,10-11,17H2,1-7H3,(H,38,41)(H,35,36,37)/t19-,27+,46-/m1/s1. The largest absolute Gasteiger partial charge is 0.493 e. The van der Waals surface area contributed by atoms with Crippen LogP contribution in [0, 0.1) is 17.6 Å². The van der Waals surface area contributed by atoms with Crippen molar-refractivity contribution in [2.75, 3.05) is 18.2 Å². The zero-order valence-corrected chi connectivity index (χ0v) is 27.7. The SMILES string of the molecule is CC(C)[C@H](NC(=O)OC(C)(C)C)C(=O)N=[S@](C)(=O)Cc1cc2cc(c1)O[C@H](C)CCOc1cc(F)ccc1-c1nc(ncc1F)N2. The third-order valence-corrected chi connectivity index (χ3v) is 8.04. The molecule has 1 aromatic heterocycles. The molecule has 0 fully saturated rings. The van der Waals surface area contributed by atoms with Crippen LogP contribution in [-0.2, 0) is 25.0 Å². The quantitative estimate of drug-likeness (QED) is 0.319. The lowest BCUT2D eigenvalue weighted by Crippen LogP contribution is -2.46. The molecule has 0 aliphatic carbocycles. The summed E-state index contributed by atoms with van der Waals surface area (Å²) in [4.78, 5) is 33.9. The number of alkyl carbamates (subject to hydrolysis) is 1. The summed E-state index contributed by atoms with van der Waals surface area (Å²) in [6.45, 7) is 10.5. The number of nitrogens with zero attached hydrogens (tertiary/aromatic N) is 3. The maximum atomic E-state index is 14.9. The molecule has 4 bridgehead atoms. The Morgan fingerprint density at radius 2 is 1.93 bits per heavy atom. The van der Waals surface area contributed by atoms with Crippen molar-refractivity contribution < 1.29 is 36.8 Å². The minimum atomic E-state index is -3.15. The Labute approximate surface area is 267 Å². The Morgan fingerprint density at radius 1 is 1.20 bits per heavy atom. The summed E-state index contributed by atoms with van der Waals surface area (Å²) in [5.74, 6) is -1.92. The number of benzene rings is 2. The molecule has 0 radical (unpaired) electrons. The van der Waals surface area contributed by atoms with E-state index in [0.717, 1.165) is 6.20 Å². The molecule has 46 heavy (non-hydrogen) atoms. The first-order valence-corrected chi connectivity index (χ1v) is 16.8. The van der Waals surface area contributed by atoms with Gasteiger partial charge in [-0.05, 0) is 63.4 Å². The van der Waals surface area contributed by atoms with Crippen LogP contribution in [0.4, 0.5) is 25.2 Å². The van der Waals surface area contributed by atoms with E-state index in [1.165, 1.54) is 24.5 Å². The lowest BCUT2D eigenvalue weighted by Gasteiger charge is -2.24. The van der Waals surface area contributed by atoms with Gasteiger partial charge in [-0.2, -0.15) is 4.36 Å². The molecule has 0 saturated carbocycles. The van der Waals surface area contributed by atoms with Gasteiger partial charge in [0.15, 0.2) is 5.82 Å². The van der Waals surface area contributed by atoms with E-state index >= 15 is 0 Å². The van der Waals surface area contributed by atoms with Crippen LogP contribution in [0.25, 0.3) is 11.3 Å². The predicted molar refractivity (Wildman–Crippen MR) is 171 cm³/mol. The first-order valence-electron chi connectivity index (χ1n) is 14.7. The number of aromatic nitrogens is 2. The van der Waals surface area contributed by atoms with Gasteiger partial charge >= 0.3 is 6.09 Å². The van der Waals surface area contributed by atoms with Crippen molar-refractivity contribution in [3.05, 3.63) is 59.8 Å². The van der Waals surface area contributed by atoms with Crippen LogP contribution >= 0.6 is 0 Å². The van der Waals surface area contributed by atoms with Gasteiger partial charge in [0.25, 0.3) is 5.91 Å². The topological polar surface area (TPSA) is 141 Å². The van der Waals surface area contributed by atoms with Crippen LogP contribution in [0.3, 0.4) is 0 Å². The molecule has 0 saturated heterocycles. The molecule has 2 heterocycles. The van der Waals surface area contributed by atoms with Crippen molar-refractivity contribution >= 4 is 33.4 Å². The second-order valence-corrected chi connectivity index (χ2v) is 14.9. The van der Waals surface area contributed by atoms with Crippen molar-refractivity contribution in [2.45, 2.75) is 71.5 Å². The van der Waals surface area contributed by atoms with E-state index in [4.69, 9.17) is 14.2 Å². The normalized spacial score (nSPS) is 16.7. The van der Waals surface area contributed by atoms with Gasteiger partial charge in [0.05, 0.1) is 34.4 Å². The van der Waals surface area contributed by atoms with E-state index in [0.29, 0.717) is 23.4 Å². The fraction of sp³-hybridized carbons (Fsp3) is 0.438. The lowest BCUT2D eigenvalue weighted by atomic mass is 10.0. The number of nitrogens with one attached hydrogen (secondary N) is 2. The van der Waals surface area contributed by atoms with E-state index in [2.05, 4.69) is 25.0 Å². The maximum absolute atomic E-state index is 14.9. The number of anilines is 2. The first-order chi connectivity index (χ1) is 21.5. The molecular weight excluding hydrogens is 620 g/mol. The highest BCUT2D eigenvalue weighted by molar-refractivity contribution is 7.92. The van der Waals surface area contributed by atoms with E-state index < -0.39 is 45.0 Å². The van der Waals surface area contributed by atoms with Crippen LogP contribution in [0.15, 0.2) is 47.0 Å². The molecule has 0 spiro atoms. The van der Waals surface area contributed by atoms with Crippen LogP contribution in [0.5, 0.6) is 11.5 Å². The highest BCUT2D eigenvalue weighted by Crippen LogP contribution is 2.33. The summed E-state index contributed by atoms with van der Waals surface area (Å²) in [6.07, 6.45) is 1.61. The Morgan fingerprint density at radius 3 is 2.63 bits per heavy atom. The average Bonchev–Trinajstić information content (AvgIpc) is 2.91.